The van der Waals surface area contributed by atoms with E-state index in [-0.39, 0.29) is 41.3 Å². The zero-order chi connectivity index (χ0) is 21.7. The number of rotatable bonds is 3. The number of hydrogen-bond acceptors (Lipinski definition) is 6. The number of ether oxygens (including phenoxy) is 2. The summed E-state index contributed by atoms with van der Waals surface area (Å²) in [5.74, 6) is 0.167. The fraction of sp³-hybridized carbons (Fsp3) is 0.875. The Morgan fingerprint density at radius 3 is 2.63 bits per heavy atom. The van der Waals surface area contributed by atoms with Gasteiger partial charge in [-0.05, 0) is 55.8 Å². The highest BCUT2D eigenvalue weighted by Crippen LogP contribution is 2.77. The van der Waals surface area contributed by atoms with Gasteiger partial charge in [-0.2, -0.15) is 0 Å². The summed E-state index contributed by atoms with van der Waals surface area (Å²) < 4.78 is 11.5. The Kier molecular flexibility index (Phi) is 4.23. The molecule has 6 heteroatoms. The van der Waals surface area contributed by atoms with Crippen molar-refractivity contribution in [2.75, 3.05) is 6.61 Å². The van der Waals surface area contributed by atoms with Crippen LogP contribution in [0.15, 0.2) is 0 Å². The Bertz CT molecular complexity index is 823. The van der Waals surface area contributed by atoms with Gasteiger partial charge >= 0.3 is 5.97 Å². The van der Waals surface area contributed by atoms with Crippen molar-refractivity contribution in [3.63, 3.8) is 0 Å². The lowest BCUT2D eigenvalue weighted by atomic mass is 9.44. The molecule has 1 aliphatic heterocycles. The number of carbonyl (C=O) groups is 3. The summed E-state index contributed by atoms with van der Waals surface area (Å²) in [4.78, 5) is 36.5. The number of ketones is 2. The van der Waals surface area contributed by atoms with Crippen LogP contribution in [0.25, 0.3) is 0 Å². The van der Waals surface area contributed by atoms with Crippen molar-refractivity contribution in [1.29, 1.82) is 0 Å². The topological polar surface area (TPSA) is 93.2 Å². The molecule has 0 aromatic rings. The van der Waals surface area contributed by atoms with Crippen LogP contribution >= 0.6 is 0 Å². The van der Waals surface area contributed by atoms with E-state index in [2.05, 4.69) is 13.8 Å². The molecule has 1 heterocycles. The van der Waals surface area contributed by atoms with Gasteiger partial charge in [-0.1, -0.05) is 20.8 Å². The van der Waals surface area contributed by atoms with Gasteiger partial charge < -0.3 is 14.6 Å². The lowest BCUT2D eigenvalue weighted by Gasteiger charge is -2.58. The first-order valence-corrected chi connectivity index (χ1v) is 11.6. The lowest BCUT2D eigenvalue weighted by molar-refractivity contribution is -0.174. The van der Waals surface area contributed by atoms with Crippen LogP contribution in [0, 0.1) is 34.5 Å². The standard InChI is InChI=1S/C24H34O6/c1-13-9-18-17-6-5-15-10-16(26)7-8-21(15,3)24(17)20(30-24)11-22(18,4)23(13,28)19(27)12-29-14(2)25/h13,15,17-18,20,28H,5-12H2,1-4H3/t13-,15+,17-,18+,20-,21+,22+,23+,24+/m0/s1. The van der Waals surface area contributed by atoms with Gasteiger partial charge in [-0.15, -0.1) is 0 Å². The van der Waals surface area contributed by atoms with Gasteiger partial charge in [0.05, 0.1) is 6.10 Å². The van der Waals surface area contributed by atoms with E-state index in [0.29, 0.717) is 36.9 Å². The van der Waals surface area contributed by atoms with E-state index < -0.39 is 17.0 Å². The SMILES string of the molecule is CC(=O)OCC(=O)[C@]1(O)[C@@H](C)C[C@@H]2[C@@H]3CC[C@@H]4CC(=O)CC[C@@]4(C)[C@@]34O[C@H]4C[C@]21C. The minimum absolute atomic E-state index is 0.00150. The Balaban J connectivity index is 1.49. The average Bonchev–Trinajstić information content (AvgIpc) is 3.36. The molecule has 5 rings (SSSR count). The minimum Gasteiger partial charge on any atom is -0.458 e. The van der Waals surface area contributed by atoms with E-state index in [0.717, 1.165) is 25.7 Å². The summed E-state index contributed by atoms with van der Waals surface area (Å²) in [6.45, 7) is 7.25. The van der Waals surface area contributed by atoms with Crippen molar-refractivity contribution >= 4 is 17.5 Å². The van der Waals surface area contributed by atoms with Crippen LogP contribution in [0.1, 0.15) is 72.6 Å². The maximum Gasteiger partial charge on any atom is 0.303 e. The van der Waals surface area contributed by atoms with Crippen LogP contribution in [-0.2, 0) is 23.9 Å². The molecule has 0 bridgehead atoms. The molecule has 5 fully saturated rings. The lowest BCUT2D eigenvalue weighted by Crippen LogP contribution is -2.64. The van der Waals surface area contributed by atoms with E-state index in [1.165, 1.54) is 6.92 Å². The molecule has 0 aromatic heterocycles. The number of fused-ring (bicyclic) bond motifs is 3. The molecule has 166 valence electrons. The first-order valence-electron chi connectivity index (χ1n) is 11.6. The summed E-state index contributed by atoms with van der Waals surface area (Å²) in [6, 6.07) is 0. The summed E-state index contributed by atoms with van der Waals surface area (Å²) >= 11 is 0. The molecule has 1 saturated heterocycles. The van der Waals surface area contributed by atoms with Crippen molar-refractivity contribution in [2.45, 2.75) is 89.9 Å². The summed E-state index contributed by atoms with van der Waals surface area (Å²) in [6.07, 6.45) is 5.67. The third-order valence-corrected chi connectivity index (χ3v) is 10.3. The number of esters is 1. The van der Waals surface area contributed by atoms with Crippen LogP contribution in [0.5, 0.6) is 0 Å². The monoisotopic (exact) mass is 418 g/mol. The van der Waals surface area contributed by atoms with Crippen molar-refractivity contribution in [1.82, 2.24) is 0 Å². The molecule has 4 aliphatic carbocycles. The number of Topliss-reactive ketones (excluding diaryl/α,β-unsaturated/α-hetero) is 2. The molecule has 6 nitrogen and oxygen atoms in total. The molecule has 1 spiro atoms. The highest BCUT2D eigenvalue weighted by atomic mass is 16.6. The summed E-state index contributed by atoms with van der Waals surface area (Å²) in [5.41, 5.74) is -2.30. The molecule has 4 saturated carbocycles. The zero-order valence-electron chi connectivity index (χ0n) is 18.5. The van der Waals surface area contributed by atoms with Gasteiger partial charge in [0.25, 0.3) is 0 Å². The van der Waals surface area contributed by atoms with Crippen LogP contribution in [0.4, 0.5) is 0 Å². The highest BCUT2D eigenvalue weighted by Gasteiger charge is 2.82. The predicted molar refractivity (Wildman–Crippen MR) is 107 cm³/mol. The van der Waals surface area contributed by atoms with Crippen LogP contribution in [0.2, 0.25) is 0 Å². The zero-order valence-corrected chi connectivity index (χ0v) is 18.5. The first kappa shape index (κ1) is 20.6. The van der Waals surface area contributed by atoms with Crippen molar-refractivity contribution in [2.24, 2.45) is 34.5 Å². The van der Waals surface area contributed by atoms with Crippen LogP contribution in [0.3, 0.4) is 0 Å². The average molecular weight is 419 g/mol. The van der Waals surface area contributed by atoms with Gasteiger partial charge in [-0.3, -0.25) is 14.4 Å². The van der Waals surface area contributed by atoms with Crippen molar-refractivity contribution < 1.29 is 29.0 Å². The highest BCUT2D eigenvalue weighted by molar-refractivity contribution is 5.91. The second-order valence-electron chi connectivity index (χ2n) is 11.3. The van der Waals surface area contributed by atoms with E-state index in [4.69, 9.17) is 9.47 Å². The fourth-order valence-electron chi connectivity index (χ4n) is 8.71. The second kappa shape index (κ2) is 6.16. The minimum atomic E-state index is -1.51. The van der Waals surface area contributed by atoms with Crippen LogP contribution in [-0.4, -0.2) is 46.6 Å². The number of aliphatic hydroxyl groups is 1. The maximum atomic E-state index is 13.1. The van der Waals surface area contributed by atoms with Gasteiger partial charge in [-0.25, -0.2) is 0 Å². The second-order valence-corrected chi connectivity index (χ2v) is 11.3. The van der Waals surface area contributed by atoms with Crippen molar-refractivity contribution in [3.05, 3.63) is 0 Å². The third-order valence-electron chi connectivity index (χ3n) is 10.3. The van der Waals surface area contributed by atoms with E-state index >= 15 is 0 Å². The normalized spacial score (nSPS) is 53.8. The molecule has 0 unspecified atom stereocenters. The predicted octanol–water partition coefficient (Wildman–Crippen LogP) is 2.84. The molecule has 30 heavy (non-hydrogen) atoms. The Morgan fingerprint density at radius 1 is 1.20 bits per heavy atom. The van der Waals surface area contributed by atoms with Gasteiger partial charge in [0, 0.05) is 30.6 Å². The molecule has 0 radical (unpaired) electrons. The Hall–Kier alpha value is -1.27. The third kappa shape index (κ3) is 2.25. The molecular formula is C24H34O6. The Labute approximate surface area is 178 Å². The summed E-state index contributed by atoms with van der Waals surface area (Å²) in [5, 5.41) is 11.8. The van der Waals surface area contributed by atoms with Gasteiger partial charge in [0.2, 0.25) is 5.78 Å². The molecule has 1 N–H and O–H groups in total. The quantitative estimate of drug-likeness (QED) is 0.560. The first-order chi connectivity index (χ1) is 14.0. The van der Waals surface area contributed by atoms with E-state index in [1.807, 2.05) is 6.92 Å². The molecular weight excluding hydrogens is 384 g/mol. The molecule has 5 aliphatic rings. The molecule has 0 aromatic carbocycles. The Morgan fingerprint density at radius 2 is 1.93 bits per heavy atom. The fourth-order valence-corrected chi connectivity index (χ4v) is 8.71. The number of carbonyl (C=O) groups excluding carboxylic acids is 3. The maximum absolute atomic E-state index is 13.1. The van der Waals surface area contributed by atoms with Gasteiger partial charge in [0.1, 0.15) is 17.0 Å². The van der Waals surface area contributed by atoms with Crippen LogP contribution < -0.4 is 0 Å². The molecule has 0 amide bonds. The number of hydrogen-bond donors (Lipinski definition) is 1. The van der Waals surface area contributed by atoms with E-state index in [9.17, 15) is 19.5 Å². The molecule has 9 atom stereocenters. The van der Waals surface area contributed by atoms with Crippen molar-refractivity contribution in [3.8, 4) is 0 Å². The largest absolute Gasteiger partial charge is 0.458 e. The van der Waals surface area contributed by atoms with E-state index in [1.54, 1.807) is 0 Å². The van der Waals surface area contributed by atoms with Gasteiger partial charge in [0.15, 0.2) is 6.61 Å². The number of epoxide rings is 1. The summed E-state index contributed by atoms with van der Waals surface area (Å²) in [7, 11) is 0. The smallest absolute Gasteiger partial charge is 0.303 e.